The van der Waals surface area contributed by atoms with Gasteiger partial charge < -0.3 is 16.2 Å². The first-order valence-corrected chi connectivity index (χ1v) is 6.60. The van der Waals surface area contributed by atoms with Gasteiger partial charge in [-0.05, 0) is 31.1 Å². The number of rotatable bonds is 6. The van der Waals surface area contributed by atoms with Gasteiger partial charge in [0, 0.05) is 19.2 Å². The summed E-state index contributed by atoms with van der Waals surface area (Å²) in [4.78, 5) is 11.9. The maximum Gasteiger partial charge on any atom is 0.224 e. The molecule has 0 radical (unpaired) electrons. The van der Waals surface area contributed by atoms with Gasteiger partial charge in [0.1, 0.15) is 0 Å². The first-order valence-electron chi connectivity index (χ1n) is 6.60. The highest BCUT2D eigenvalue weighted by molar-refractivity contribution is 5.79. The molecule has 1 amide bonds. The molecule has 2 atom stereocenters. The molecule has 0 bridgehead atoms. The van der Waals surface area contributed by atoms with Crippen LogP contribution < -0.4 is 11.1 Å². The van der Waals surface area contributed by atoms with E-state index in [0.717, 1.165) is 32.1 Å². The molecule has 0 spiro atoms. The second-order valence-electron chi connectivity index (χ2n) is 5.91. The molecule has 4 nitrogen and oxygen atoms in total. The number of carbonyl (C=O) groups excluding carboxylic acids is 1. The summed E-state index contributed by atoms with van der Waals surface area (Å²) in [6.07, 6.45) is 4.65. The Balaban J connectivity index is 2.31. The van der Waals surface area contributed by atoms with E-state index in [-0.39, 0.29) is 29.9 Å². The molecule has 17 heavy (non-hydrogen) atoms. The summed E-state index contributed by atoms with van der Waals surface area (Å²) in [6, 6.07) is 0.0376. The highest BCUT2D eigenvalue weighted by atomic mass is 16.2. The number of nitrogens with one attached hydrogen (secondary N) is 1. The Morgan fingerprint density at radius 2 is 2.18 bits per heavy atom. The Kier molecular flexibility index (Phi) is 5.40. The molecule has 1 aliphatic rings. The number of nitrogens with two attached hydrogens (primary N) is 1. The zero-order valence-electron chi connectivity index (χ0n) is 11.0. The van der Waals surface area contributed by atoms with E-state index in [1.807, 2.05) is 0 Å². The van der Waals surface area contributed by atoms with E-state index < -0.39 is 0 Å². The molecule has 0 aromatic carbocycles. The van der Waals surface area contributed by atoms with Gasteiger partial charge in [0.05, 0.1) is 5.92 Å². The maximum absolute atomic E-state index is 11.9. The average molecular weight is 242 g/mol. The van der Waals surface area contributed by atoms with Crippen molar-refractivity contribution in [1.82, 2.24) is 5.32 Å². The predicted molar refractivity (Wildman–Crippen MR) is 68.4 cm³/mol. The van der Waals surface area contributed by atoms with Crippen LogP contribution in [0.5, 0.6) is 0 Å². The van der Waals surface area contributed by atoms with Crippen LogP contribution in [0.1, 0.15) is 46.0 Å². The van der Waals surface area contributed by atoms with E-state index in [1.165, 1.54) is 0 Å². The van der Waals surface area contributed by atoms with E-state index in [9.17, 15) is 4.79 Å². The van der Waals surface area contributed by atoms with Gasteiger partial charge in [-0.3, -0.25) is 4.79 Å². The summed E-state index contributed by atoms with van der Waals surface area (Å²) in [5.74, 6) is 0.107. The van der Waals surface area contributed by atoms with Crippen LogP contribution in [0.4, 0.5) is 0 Å². The fraction of sp³-hybridized carbons (Fsp3) is 0.923. The van der Waals surface area contributed by atoms with Gasteiger partial charge >= 0.3 is 0 Å². The molecule has 0 aromatic rings. The molecular weight excluding hydrogens is 216 g/mol. The van der Waals surface area contributed by atoms with Crippen molar-refractivity contribution in [2.45, 2.75) is 52.0 Å². The SMILES string of the molecule is CC(C)(CCCO)CNC(=O)C1CCCC1N. The number of hydrogen-bond donors (Lipinski definition) is 3. The smallest absolute Gasteiger partial charge is 0.224 e. The van der Waals surface area contributed by atoms with Crippen molar-refractivity contribution in [2.24, 2.45) is 17.1 Å². The van der Waals surface area contributed by atoms with Crippen LogP contribution in [-0.2, 0) is 4.79 Å². The summed E-state index contributed by atoms with van der Waals surface area (Å²) in [7, 11) is 0. The topological polar surface area (TPSA) is 75.3 Å². The quantitative estimate of drug-likeness (QED) is 0.651. The maximum atomic E-state index is 11.9. The Labute approximate surface area is 104 Å². The zero-order valence-corrected chi connectivity index (χ0v) is 11.0. The van der Waals surface area contributed by atoms with Crippen LogP contribution in [-0.4, -0.2) is 30.2 Å². The molecule has 2 unspecified atom stereocenters. The molecule has 100 valence electrons. The van der Waals surface area contributed by atoms with Crippen molar-refractivity contribution < 1.29 is 9.90 Å². The van der Waals surface area contributed by atoms with E-state index in [1.54, 1.807) is 0 Å². The fourth-order valence-electron chi connectivity index (χ4n) is 2.42. The summed E-state index contributed by atoms with van der Waals surface area (Å²) in [6.45, 7) is 5.09. The van der Waals surface area contributed by atoms with Crippen molar-refractivity contribution in [3.05, 3.63) is 0 Å². The molecular formula is C13H26N2O2. The second kappa shape index (κ2) is 6.36. The zero-order chi connectivity index (χ0) is 12.9. The van der Waals surface area contributed by atoms with Gasteiger partial charge in [-0.25, -0.2) is 0 Å². The van der Waals surface area contributed by atoms with Crippen LogP contribution in [0.3, 0.4) is 0 Å². The average Bonchev–Trinajstić information content (AvgIpc) is 2.70. The van der Waals surface area contributed by atoms with Gasteiger partial charge in [-0.2, -0.15) is 0 Å². The number of aliphatic hydroxyl groups is 1. The van der Waals surface area contributed by atoms with E-state index in [2.05, 4.69) is 19.2 Å². The normalized spacial score (nSPS) is 24.9. The van der Waals surface area contributed by atoms with E-state index in [4.69, 9.17) is 10.8 Å². The summed E-state index contributed by atoms with van der Waals surface area (Å²) >= 11 is 0. The molecule has 4 N–H and O–H groups in total. The van der Waals surface area contributed by atoms with Crippen LogP contribution in [0, 0.1) is 11.3 Å². The number of carbonyl (C=O) groups is 1. The lowest BCUT2D eigenvalue weighted by Crippen LogP contribution is -2.42. The molecule has 1 rings (SSSR count). The van der Waals surface area contributed by atoms with E-state index in [0.29, 0.717) is 6.54 Å². The molecule has 1 aliphatic carbocycles. The highest BCUT2D eigenvalue weighted by Gasteiger charge is 2.30. The van der Waals surface area contributed by atoms with Crippen molar-refractivity contribution in [2.75, 3.05) is 13.2 Å². The Bertz CT molecular complexity index is 254. The molecule has 4 heteroatoms. The van der Waals surface area contributed by atoms with Crippen LogP contribution in [0.15, 0.2) is 0 Å². The largest absolute Gasteiger partial charge is 0.396 e. The minimum absolute atomic E-state index is 0.00337. The monoisotopic (exact) mass is 242 g/mol. The Morgan fingerprint density at radius 1 is 1.47 bits per heavy atom. The van der Waals surface area contributed by atoms with Crippen LogP contribution in [0.25, 0.3) is 0 Å². The second-order valence-corrected chi connectivity index (χ2v) is 5.91. The molecule has 1 saturated carbocycles. The Morgan fingerprint density at radius 3 is 2.71 bits per heavy atom. The van der Waals surface area contributed by atoms with Crippen LogP contribution >= 0.6 is 0 Å². The molecule has 0 aromatic heterocycles. The molecule has 0 aliphatic heterocycles. The summed E-state index contributed by atoms with van der Waals surface area (Å²) < 4.78 is 0. The lowest BCUT2D eigenvalue weighted by molar-refractivity contribution is -0.125. The van der Waals surface area contributed by atoms with Crippen molar-refractivity contribution in [3.8, 4) is 0 Å². The van der Waals surface area contributed by atoms with Gasteiger partial charge in [-0.1, -0.05) is 20.3 Å². The summed E-state index contributed by atoms with van der Waals surface area (Å²) in [5.41, 5.74) is 5.95. The van der Waals surface area contributed by atoms with Crippen molar-refractivity contribution in [3.63, 3.8) is 0 Å². The first kappa shape index (κ1) is 14.5. The third-order valence-electron chi connectivity index (χ3n) is 3.66. The van der Waals surface area contributed by atoms with Crippen LogP contribution in [0.2, 0.25) is 0 Å². The lowest BCUT2D eigenvalue weighted by atomic mass is 9.87. The summed E-state index contributed by atoms with van der Waals surface area (Å²) in [5, 5.41) is 11.8. The third kappa shape index (κ3) is 4.64. The minimum Gasteiger partial charge on any atom is -0.396 e. The van der Waals surface area contributed by atoms with Crippen molar-refractivity contribution >= 4 is 5.91 Å². The van der Waals surface area contributed by atoms with Gasteiger partial charge in [-0.15, -0.1) is 0 Å². The molecule has 0 heterocycles. The lowest BCUT2D eigenvalue weighted by Gasteiger charge is -2.26. The molecule has 1 fully saturated rings. The van der Waals surface area contributed by atoms with Gasteiger partial charge in [0.15, 0.2) is 0 Å². The van der Waals surface area contributed by atoms with Gasteiger partial charge in [0.2, 0.25) is 5.91 Å². The standard InChI is InChI=1S/C13H26N2O2/c1-13(2,7-4-8-16)9-15-12(17)10-5-3-6-11(10)14/h10-11,16H,3-9,14H2,1-2H3,(H,15,17). The number of aliphatic hydroxyl groups excluding tert-OH is 1. The first-order chi connectivity index (χ1) is 7.96. The minimum atomic E-state index is 0.00337. The highest BCUT2D eigenvalue weighted by Crippen LogP contribution is 2.25. The van der Waals surface area contributed by atoms with Gasteiger partial charge in [0.25, 0.3) is 0 Å². The van der Waals surface area contributed by atoms with Crippen molar-refractivity contribution in [1.29, 1.82) is 0 Å². The van der Waals surface area contributed by atoms with E-state index >= 15 is 0 Å². The predicted octanol–water partition coefficient (Wildman–Crippen LogP) is 1.03. The third-order valence-corrected chi connectivity index (χ3v) is 3.66. The number of hydrogen-bond acceptors (Lipinski definition) is 3. The number of amides is 1. The Hall–Kier alpha value is -0.610. The fourth-order valence-corrected chi connectivity index (χ4v) is 2.42. The molecule has 0 saturated heterocycles.